The van der Waals surface area contributed by atoms with Gasteiger partial charge in [0.05, 0.1) is 0 Å². The fourth-order valence-electron chi connectivity index (χ4n) is 2.89. The third-order valence-corrected chi connectivity index (χ3v) is 3.91. The predicted molar refractivity (Wildman–Crippen MR) is 83.5 cm³/mol. The molecule has 1 unspecified atom stereocenters. The Morgan fingerprint density at radius 1 is 1.26 bits per heavy atom. The molecular formula is C15H31ClN2O. The molecule has 1 aliphatic rings. The summed E-state index contributed by atoms with van der Waals surface area (Å²) in [4.78, 5) is 11.9. The molecule has 3 N–H and O–H groups in total. The van der Waals surface area contributed by atoms with Crippen LogP contribution in [0.15, 0.2) is 0 Å². The molecule has 1 aliphatic carbocycles. The predicted octanol–water partition coefficient (Wildman–Crippen LogP) is 3.26. The van der Waals surface area contributed by atoms with Gasteiger partial charge in [0.25, 0.3) is 0 Å². The van der Waals surface area contributed by atoms with Crippen molar-refractivity contribution in [1.82, 2.24) is 5.32 Å². The summed E-state index contributed by atoms with van der Waals surface area (Å²) in [6.45, 7) is 4.88. The number of halogens is 1. The number of rotatable bonds is 7. The zero-order valence-corrected chi connectivity index (χ0v) is 13.3. The Kier molecular flexibility index (Phi) is 10.3. The molecule has 0 radical (unpaired) electrons. The van der Waals surface area contributed by atoms with Crippen LogP contribution in [0.25, 0.3) is 0 Å². The summed E-state index contributed by atoms with van der Waals surface area (Å²) in [5.41, 5.74) is 5.69. The number of carbonyl (C=O) groups is 1. The van der Waals surface area contributed by atoms with E-state index in [1.54, 1.807) is 0 Å². The SMILES string of the molecule is CC(C)CC(CN)NC(=O)CCC1CCCCC1.Cl. The van der Waals surface area contributed by atoms with E-state index in [2.05, 4.69) is 19.2 Å². The highest BCUT2D eigenvalue weighted by atomic mass is 35.5. The van der Waals surface area contributed by atoms with Gasteiger partial charge in [0.2, 0.25) is 5.91 Å². The molecule has 0 aliphatic heterocycles. The maximum Gasteiger partial charge on any atom is 0.220 e. The molecule has 0 aromatic carbocycles. The van der Waals surface area contributed by atoms with Crippen molar-refractivity contribution in [3.63, 3.8) is 0 Å². The fourth-order valence-corrected chi connectivity index (χ4v) is 2.89. The van der Waals surface area contributed by atoms with Crippen LogP contribution in [-0.2, 0) is 4.79 Å². The van der Waals surface area contributed by atoms with Crippen molar-refractivity contribution < 1.29 is 4.79 Å². The minimum atomic E-state index is 0. The van der Waals surface area contributed by atoms with E-state index >= 15 is 0 Å². The fraction of sp³-hybridized carbons (Fsp3) is 0.933. The van der Waals surface area contributed by atoms with E-state index in [4.69, 9.17) is 5.73 Å². The highest BCUT2D eigenvalue weighted by Crippen LogP contribution is 2.27. The van der Waals surface area contributed by atoms with Crippen LogP contribution in [0.2, 0.25) is 0 Å². The van der Waals surface area contributed by atoms with E-state index in [0.717, 1.165) is 18.8 Å². The second-order valence-corrected chi connectivity index (χ2v) is 6.17. The van der Waals surface area contributed by atoms with Crippen molar-refractivity contribution in [2.75, 3.05) is 6.54 Å². The summed E-state index contributed by atoms with van der Waals surface area (Å²) in [5, 5.41) is 3.07. The Morgan fingerprint density at radius 3 is 2.42 bits per heavy atom. The van der Waals surface area contributed by atoms with Crippen molar-refractivity contribution in [1.29, 1.82) is 0 Å². The standard InChI is InChI=1S/C15H30N2O.ClH/c1-12(2)10-14(11-16)17-15(18)9-8-13-6-4-3-5-7-13;/h12-14H,3-11,16H2,1-2H3,(H,17,18);1H. The van der Waals surface area contributed by atoms with Crippen LogP contribution in [0.3, 0.4) is 0 Å². The first-order valence-corrected chi connectivity index (χ1v) is 7.61. The smallest absolute Gasteiger partial charge is 0.220 e. The number of hydrogen-bond acceptors (Lipinski definition) is 2. The first kappa shape index (κ1) is 18.7. The molecule has 1 fully saturated rings. The van der Waals surface area contributed by atoms with E-state index < -0.39 is 0 Å². The topological polar surface area (TPSA) is 55.1 Å². The van der Waals surface area contributed by atoms with Crippen LogP contribution in [0.1, 0.15) is 65.2 Å². The summed E-state index contributed by atoms with van der Waals surface area (Å²) in [6.07, 6.45) is 9.44. The lowest BCUT2D eigenvalue weighted by atomic mass is 9.86. The quantitative estimate of drug-likeness (QED) is 0.756. The third kappa shape index (κ3) is 8.48. The highest BCUT2D eigenvalue weighted by molar-refractivity contribution is 5.85. The molecule has 0 bridgehead atoms. The molecule has 1 atom stereocenters. The van der Waals surface area contributed by atoms with Gasteiger partial charge in [0, 0.05) is 19.0 Å². The van der Waals surface area contributed by atoms with Gasteiger partial charge in [-0.05, 0) is 24.7 Å². The maximum atomic E-state index is 11.9. The normalized spacial score (nSPS) is 17.9. The van der Waals surface area contributed by atoms with Crippen LogP contribution in [0.4, 0.5) is 0 Å². The van der Waals surface area contributed by atoms with Gasteiger partial charge in [-0.2, -0.15) is 0 Å². The zero-order valence-electron chi connectivity index (χ0n) is 12.5. The summed E-state index contributed by atoms with van der Waals surface area (Å²) in [5.74, 6) is 1.56. The molecule has 0 saturated heterocycles. The van der Waals surface area contributed by atoms with Gasteiger partial charge in [-0.25, -0.2) is 0 Å². The second kappa shape index (κ2) is 10.5. The minimum absolute atomic E-state index is 0. The molecule has 1 amide bonds. The van der Waals surface area contributed by atoms with E-state index in [9.17, 15) is 4.79 Å². The second-order valence-electron chi connectivity index (χ2n) is 6.17. The van der Waals surface area contributed by atoms with Crippen molar-refractivity contribution in [3.8, 4) is 0 Å². The van der Waals surface area contributed by atoms with Crippen LogP contribution in [0.5, 0.6) is 0 Å². The molecule has 114 valence electrons. The lowest BCUT2D eigenvalue weighted by Crippen LogP contribution is -2.41. The monoisotopic (exact) mass is 290 g/mol. The van der Waals surface area contributed by atoms with Crippen molar-refractivity contribution in [2.24, 2.45) is 17.6 Å². The molecule has 3 nitrogen and oxygen atoms in total. The Hall–Kier alpha value is -0.280. The average Bonchev–Trinajstić information content (AvgIpc) is 2.36. The minimum Gasteiger partial charge on any atom is -0.352 e. The third-order valence-electron chi connectivity index (χ3n) is 3.91. The molecular weight excluding hydrogens is 260 g/mol. The lowest BCUT2D eigenvalue weighted by molar-refractivity contribution is -0.122. The first-order valence-electron chi connectivity index (χ1n) is 7.61. The molecule has 0 aromatic heterocycles. The van der Waals surface area contributed by atoms with E-state index in [0.29, 0.717) is 18.9 Å². The van der Waals surface area contributed by atoms with Crippen LogP contribution in [0, 0.1) is 11.8 Å². The molecule has 19 heavy (non-hydrogen) atoms. The Labute approximate surface area is 124 Å². The number of hydrogen-bond donors (Lipinski definition) is 2. The summed E-state index contributed by atoms with van der Waals surface area (Å²) in [7, 11) is 0. The lowest BCUT2D eigenvalue weighted by Gasteiger charge is -2.22. The first-order chi connectivity index (χ1) is 8.61. The van der Waals surface area contributed by atoms with Crippen LogP contribution < -0.4 is 11.1 Å². The van der Waals surface area contributed by atoms with Gasteiger partial charge in [0.1, 0.15) is 0 Å². The molecule has 1 rings (SSSR count). The molecule has 1 saturated carbocycles. The molecule has 4 heteroatoms. The van der Waals surface area contributed by atoms with Gasteiger partial charge in [-0.3, -0.25) is 4.79 Å². The van der Waals surface area contributed by atoms with Gasteiger partial charge >= 0.3 is 0 Å². The Balaban J connectivity index is 0.00000324. The van der Waals surface area contributed by atoms with Gasteiger partial charge in [0.15, 0.2) is 0 Å². The molecule has 0 heterocycles. The van der Waals surface area contributed by atoms with Crippen LogP contribution >= 0.6 is 12.4 Å². The van der Waals surface area contributed by atoms with Gasteiger partial charge < -0.3 is 11.1 Å². The number of nitrogens with two attached hydrogens (primary N) is 1. The number of amides is 1. The number of nitrogens with one attached hydrogen (secondary N) is 1. The van der Waals surface area contributed by atoms with E-state index in [1.807, 2.05) is 0 Å². The molecule has 0 spiro atoms. The van der Waals surface area contributed by atoms with Crippen LogP contribution in [-0.4, -0.2) is 18.5 Å². The van der Waals surface area contributed by atoms with E-state index in [1.165, 1.54) is 32.1 Å². The van der Waals surface area contributed by atoms with Crippen molar-refractivity contribution >= 4 is 18.3 Å². The molecule has 0 aromatic rings. The van der Waals surface area contributed by atoms with Crippen molar-refractivity contribution in [3.05, 3.63) is 0 Å². The largest absolute Gasteiger partial charge is 0.352 e. The van der Waals surface area contributed by atoms with Crippen molar-refractivity contribution in [2.45, 2.75) is 71.3 Å². The van der Waals surface area contributed by atoms with E-state index in [-0.39, 0.29) is 24.4 Å². The summed E-state index contributed by atoms with van der Waals surface area (Å²) >= 11 is 0. The maximum absolute atomic E-state index is 11.9. The van der Waals surface area contributed by atoms with Gasteiger partial charge in [-0.1, -0.05) is 46.0 Å². The highest BCUT2D eigenvalue weighted by Gasteiger charge is 2.16. The summed E-state index contributed by atoms with van der Waals surface area (Å²) < 4.78 is 0. The van der Waals surface area contributed by atoms with Gasteiger partial charge in [-0.15, -0.1) is 12.4 Å². The zero-order chi connectivity index (χ0) is 13.4. The Morgan fingerprint density at radius 2 is 1.89 bits per heavy atom. The average molecular weight is 291 g/mol. The Bertz CT molecular complexity index is 240. The number of carbonyl (C=O) groups excluding carboxylic acids is 1. The summed E-state index contributed by atoms with van der Waals surface area (Å²) in [6, 6.07) is 0.156.